The molecule has 0 aromatic rings. The highest BCUT2D eigenvalue weighted by atomic mass is 16.3. The Balaban J connectivity index is 0. The summed E-state index contributed by atoms with van der Waals surface area (Å²) in [5, 5.41) is 29.3. The molecule has 92 valence electrons. The van der Waals surface area contributed by atoms with Gasteiger partial charge in [-0.3, -0.25) is 4.79 Å². The van der Waals surface area contributed by atoms with Crippen LogP contribution in [0.15, 0.2) is 0 Å². The quantitative estimate of drug-likeness (QED) is 0.390. The second kappa shape index (κ2) is 7.58. The minimum Gasteiger partial charge on any atom is -0.412 e. The van der Waals surface area contributed by atoms with Gasteiger partial charge in [0.05, 0.1) is 6.61 Å². The van der Waals surface area contributed by atoms with E-state index in [1.165, 1.54) is 0 Å². The molecule has 6 heteroatoms. The van der Waals surface area contributed by atoms with Gasteiger partial charge in [0.1, 0.15) is 6.10 Å². The third kappa shape index (κ3) is 5.68. The van der Waals surface area contributed by atoms with Crippen molar-refractivity contribution in [3.63, 3.8) is 0 Å². The first-order valence-electron chi connectivity index (χ1n) is 4.63. The summed E-state index contributed by atoms with van der Waals surface area (Å²) in [5.74, 6) is -0.516. The Labute approximate surface area is 89.2 Å². The first-order valence-corrected chi connectivity index (χ1v) is 4.63. The molecule has 0 rings (SSSR count). The fourth-order valence-electron chi connectivity index (χ4n) is 0.829. The molecule has 0 unspecified atom stereocenters. The van der Waals surface area contributed by atoms with Gasteiger partial charge in [-0.15, -0.1) is 0 Å². The van der Waals surface area contributed by atoms with Crippen LogP contribution in [0, 0.1) is 5.41 Å². The lowest BCUT2D eigenvalue weighted by atomic mass is 9.87. The molecule has 0 fully saturated rings. The molecule has 0 aromatic heterocycles. The van der Waals surface area contributed by atoms with E-state index in [-0.39, 0.29) is 18.7 Å². The molecular formula is C9H21NO5. The molecule has 0 saturated heterocycles. The van der Waals surface area contributed by atoms with Crippen molar-refractivity contribution < 1.29 is 25.6 Å². The Bertz CT molecular complexity index is 183. The van der Waals surface area contributed by atoms with E-state index >= 15 is 0 Å². The SMILES string of the molecule is CC(C)(CO)[C@@H](O)C(=O)NCCCO.O. The molecule has 0 aromatic carbocycles. The fraction of sp³-hybridized carbons (Fsp3) is 0.889. The van der Waals surface area contributed by atoms with E-state index in [2.05, 4.69) is 5.32 Å². The van der Waals surface area contributed by atoms with Gasteiger partial charge < -0.3 is 26.1 Å². The predicted octanol–water partition coefficient (Wildman–Crippen LogP) is -1.96. The van der Waals surface area contributed by atoms with Crippen LogP contribution in [0.1, 0.15) is 20.3 Å². The molecular weight excluding hydrogens is 202 g/mol. The van der Waals surface area contributed by atoms with Gasteiger partial charge in [-0.1, -0.05) is 13.8 Å². The van der Waals surface area contributed by atoms with Gasteiger partial charge >= 0.3 is 0 Å². The van der Waals surface area contributed by atoms with E-state index in [0.29, 0.717) is 13.0 Å². The molecule has 0 aliphatic heterocycles. The van der Waals surface area contributed by atoms with Crippen LogP contribution in [0.25, 0.3) is 0 Å². The van der Waals surface area contributed by atoms with E-state index < -0.39 is 17.4 Å². The lowest BCUT2D eigenvalue weighted by Gasteiger charge is -2.27. The Morgan fingerprint density at radius 3 is 2.33 bits per heavy atom. The van der Waals surface area contributed by atoms with Gasteiger partial charge in [0, 0.05) is 18.6 Å². The number of carbonyl (C=O) groups excluding carboxylic acids is 1. The molecule has 6 nitrogen and oxygen atoms in total. The number of carbonyl (C=O) groups is 1. The van der Waals surface area contributed by atoms with Crippen molar-refractivity contribution in [2.24, 2.45) is 5.41 Å². The van der Waals surface area contributed by atoms with Gasteiger partial charge in [0.15, 0.2) is 0 Å². The number of rotatable bonds is 6. The van der Waals surface area contributed by atoms with E-state index in [0.717, 1.165) is 0 Å². The summed E-state index contributed by atoms with van der Waals surface area (Å²) in [4.78, 5) is 11.3. The minimum atomic E-state index is -1.23. The Morgan fingerprint density at radius 1 is 1.40 bits per heavy atom. The van der Waals surface area contributed by atoms with Gasteiger partial charge in [-0.05, 0) is 6.42 Å². The van der Waals surface area contributed by atoms with E-state index in [4.69, 9.17) is 10.2 Å². The molecule has 1 amide bonds. The van der Waals surface area contributed by atoms with Gasteiger partial charge in [-0.25, -0.2) is 0 Å². The van der Waals surface area contributed by atoms with Crippen LogP contribution in [-0.2, 0) is 4.79 Å². The molecule has 0 radical (unpaired) electrons. The van der Waals surface area contributed by atoms with Gasteiger partial charge in [0.25, 0.3) is 0 Å². The van der Waals surface area contributed by atoms with Crippen LogP contribution >= 0.6 is 0 Å². The molecule has 6 N–H and O–H groups in total. The summed E-state index contributed by atoms with van der Waals surface area (Å²) < 4.78 is 0. The smallest absolute Gasteiger partial charge is 0.249 e. The molecule has 1 atom stereocenters. The van der Waals surface area contributed by atoms with Crippen molar-refractivity contribution in [1.29, 1.82) is 0 Å². The minimum absolute atomic E-state index is 0. The van der Waals surface area contributed by atoms with Gasteiger partial charge in [0.2, 0.25) is 5.91 Å². The second-order valence-electron chi connectivity index (χ2n) is 3.92. The standard InChI is InChI=1S/C9H19NO4.H2O/c1-9(2,6-12)7(13)8(14)10-4-3-5-11;/h7,11-13H,3-6H2,1-2H3,(H,10,14);1H2/t7-;/m0./s1. The van der Waals surface area contributed by atoms with E-state index in [9.17, 15) is 9.90 Å². The molecule has 0 heterocycles. The van der Waals surface area contributed by atoms with Crippen molar-refractivity contribution in [2.45, 2.75) is 26.4 Å². The molecule has 0 bridgehead atoms. The summed E-state index contributed by atoms with van der Waals surface area (Å²) in [6, 6.07) is 0. The van der Waals surface area contributed by atoms with E-state index in [1.54, 1.807) is 13.8 Å². The molecule has 0 aliphatic rings. The monoisotopic (exact) mass is 223 g/mol. The maximum Gasteiger partial charge on any atom is 0.249 e. The average molecular weight is 223 g/mol. The molecule has 15 heavy (non-hydrogen) atoms. The third-order valence-corrected chi connectivity index (χ3v) is 2.03. The summed E-state index contributed by atoms with van der Waals surface area (Å²) in [6.45, 7) is 3.27. The second-order valence-corrected chi connectivity index (χ2v) is 3.92. The largest absolute Gasteiger partial charge is 0.412 e. The summed E-state index contributed by atoms with van der Waals surface area (Å²) in [6.07, 6.45) is -0.774. The molecule has 0 spiro atoms. The van der Waals surface area contributed by atoms with Crippen LogP contribution < -0.4 is 5.32 Å². The Morgan fingerprint density at radius 2 is 1.93 bits per heavy atom. The zero-order chi connectivity index (χ0) is 11.2. The fourth-order valence-corrected chi connectivity index (χ4v) is 0.829. The number of hydrogen-bond donors (Lipinski definition) is 4. The van der Waals surface area contributed by atoms with Crippen molar-refractivity contribution in [2.75, 3.05) is 19.8 Å². The summed E-state index contributed by atoms with van der Waals surface area (Å²) in [5.41, 5.74) is -0.844. The maximum absolute atomic E-state index is 11.3. The number of aliphatic hydroxyl groups is 3. The number of amides is 1. The first-order chi connectivity index (χ1) is 6.45. The third-order valence-electron chi connectivity index (χ3n) is 2.03. The van der Waals surface area contributed by atoms with Crippen LogP contribution in [0.5, 0.6) is 0 Å². The number of nitrogens with one attached hydrogen (secondary N) is 1. The molecule has 0 aliphatic carbocycles. The zero-order valence-corrected chi connectivity index (χ0v) is 9.16. The number of aliphatic hydroxyl groups excluding tert-OH is 3. The van der Waals surface area contributed by atoms with Gasteiger partial charge in [-0.2, -0.15) is 0 Å². The highest BCUT2D eigenvalue weighted by molar-refractivity contribution is 5.81. The average Bonchev–Trinajstić information content (AvgIpc) is 2.17. The highest BCUT2D eigenvalue weighted by Crippen LogP contribution is 2.19. The van der Waals surface area contributed by atoms with Crippen LogP contribution in [0.2, 0.25) is 0 Å². The zero-order valence-electron chi connectivity index (χ0n) is 9.16. The Hall–Kier alpha value is -0.690. The Kier molecular flexibility index (Phi) is 8.46. The van der Waals surface area contributed by atoms with E-state index in [1.807, 2.05) is 0 Å². The maximum atomic E-state index is 11.3. The first kappa shape index (κ1) is 16.7. The number of hydrogen-bond acceptors (Lipinski definition) is 4. The van der Waals surface area contributed by atoms with Crippen molar-refractivity contribution >= 4 is 5.91 Å². The van der Waals surface area contributed by atoms with Crippen LogP contribution in [0.3, 0.4) is 0 Å². The lowest BCUT2D eigenvalue weighted by molar-refractivity contribution is -0.137. The lowest BCUT2D eigenvalue weighted by Crippen LogP contribution is -2.45. The highest BCUT2D eigenvalue weighted by Gasteiger charge is 2.32. The van der Waals surface area contributed by atoms with Crippen molar-refractivity contribution in [1.82, 2.24) is 5.32 Å². The predicted molar refractivity (Wildman–Crippen MR) is 55.2 cm³/mol. The molecule has 0 saturated carbocycles. The normalized spacial score (nSPS) is 12.9. The van der Waals surface area contributed by atoms with Crippen LogP contribution in [0.4, 0.5) is 0 Å². The van der Waals surface area contributed by atoms with Crippen LogP contribution in [-0.4, -0.2) is 52.6 Å². The van der Waals surface area contributed by atoms with Crippen molar-refractivity contribution in [3.05, 3.63) is 0 Å². The van der Waals surface area contributed by atoms with Crippen molar-refractivity contribution in [3.8, 4) is 0 Å². The topological polar surface area (TPSA) is 121 Å². The summed E-state index contributed by atoms with van der Waals surface area (Å²) >= 11 is 0. The summed E-state index contributed by atoms with van der Waals surface area (Å²) in [7, 11) is 0.